The van der Waals surface area contributed by atoms with Gasteiger partial charge in [-0.05, 0) is 50.9 Å². The molecule has 1 fully saturated rings. The van der Waals surface area contributed by atoms with Gasteiger partial charge < -0.3 is 35.2 Å². The Kier molecular flexibility index (Phi) is 8.90. The first-order valence-corrected chi connectivity index (χ1v) is 12.0. The zero-order valence-corrected chi connectivity index (χ0v) is 20.6. The zero-order valence-electron chi connectivity index (χ0n) is 20.6. The fourth-order valence-corrected chi connectivity index (χ4v) is 5.07. The number of carboxylic acids is 2. The summed E-state index contributed by atoms with van der Waals surface area (Å²) < 4.78 is 0. The van der Waals surface area contributed by atoms with E-state index in [0.717, 1.165) is 32.5 Å². The lowest BCUT2D eigenvalue weighted by Crippen LogP contribution is -2.58. The number of carbonyl (C=O) groups is 3. The minimum atomic E-state index is -2.27. The van der Waals surface area contributed by atoms with E-state index in [1.54, 1.807) is 4.90 Å². The summed E-state index contributed by atoms with van der Waals surface area (Å²) in [5.41, 5.74) is 10.3. The number of carboxylic acid groups (broad SMARTS) is 2. The second kappa shape index (κ2) is 11.7. The highest BCUT2D eigenvalue weighted by atomic mass is 16.4. The van der Waals surface area contributed by atoms with Gasteiger partial charge in [-0.3, -0.25) is 5.43 Å². The van der Waals surface area contributed by atoms with Crippen LogP contribution in [0.2, 0.25) is 0 Å². The number of hydrogen-bond acceptors (Lipinski definition) is 7. The molecule has 1 aliphatic carbocycles. The fraction of sp³-hybridized carbons (Fsp3) is 0.542. The van der Waals surface area contributed by atoms with Gasteiger partial charge in [-0.2, -0.15) is 0 Å². The van der Waals surface area contributed by atoms with Crippen LogP contribution in [0.15, 0.2) is 24.4 Å². The van der Waals surface area contributed by atoms with E-state index in [0.29, 0.717) is 12.0 Å². The first-order valence-electron chi connectivity index (χ1n) is 12.0. The van der Waals surface area contributed by atoms with Crippen LogP contribution >= 0.6 is 0 Å². The number of piperidine rings is 1. The Morgan fingerprint density at radius 2 is 1.78 bits per heavy atom. The maximum Gasteiger partial charge on any atom is 0.335 e. The smallest absolute Gasteiger partial charge is 0.335 e. The van der Waals surface area contributed by atoms with E-state index < -0.39 is 24.1 Å². The Morgan fingerprint density at radius 1 is 1.14 bits per heavy atom. The lowest BCUT2D eigenvalue weighted by Gasteiger charge is -2.45. The molecule has 0 radical (unpaired) electrons. The molecule has 12 nitrogen and oxygen atoms in total. The van der Waals surface area contributed by atoms with Crippen molar-refractivity contribution in [3.8, 4) is 0 Å². The summed E-state index contributed by atoms with van der Waals surface area (Å²) in [6.45, 7) is 6.38. The molecule has 5 atom stereocenters. The fourth-order valence-electron chi connectivity index (χ4n) is 5.07. The third-order valence-electron chi connectivity index (χ3n) is 6.96. The number of benzene rings is 1. The number of nitrogens with one attached hydrogen (secondary N) is 3. The van der Waals surface area contributed by atoms with Crippen molar-refractivity contribution in [2.75, 3.05) is 26.7 Å². The number of H-pyrrole nitrogens is 1. The van der Waals surface area contributed by atoms with Gasteiger partial charge in [0.05, 0.1) is 0 Å². The van der Waals surface area contributed by atoms with Crippen LogP contribution < -0.4 is 10.9 Å². The SMILES string of the molecule is CCN(CC)C(=O)NN[C@H]1CC2c3cccc4[nH]cc(c34)C[C@H]2N(C)C1.O=C(O)[C@H](O)[C@@H](O)C(=O)O. The maximum absolute atomic E-state index is 12.2. The third-order valence-corrected chi connectivity index (χ3v) is 6.96. The van der Waals surface area contributed by atoms with Crippen LogP contribution in [0.1, 0.15) is 37.3 Å². The first kappa shape index (κ1) is 27.4. The number of carbonyl (C=O) groups excluding carboxylic acids is 1. The van der Waals surface area contributed by atoms with Crippen molar-refractivity contribution in [1.29, 1.82) is 0 Å². The number of aliphatic carboxylic acids is 2. The maximum atomic E-state index is 12.2. The molecule has 0 bridgehead atoms. The van der Waals surface area contributed by atoms with Gasteiger partial charge in [0.25, 0.3) is 0 Å². The van der Waals surface area contributed by atoms with Crippen LogP contribution in [0, 0.1) is 0 Å². The third kappa shape index (κ3) is 5.78. The molecule has 2 aromatic rings. The molecular weight excluding hydrogens is 470 g/mol. The van der Waals surface area contributed by atoms with Gasteiger partial charge in [-0.15, -0.1) is 0 Å². The van der Waals surface area contributed by atoms with E-state index in [2.05, 4.69) is 52.2 Å². The van der Waals surface area contributed by atoms with Crippen LogP contribution in [0.3, 0.4) is 0 Å². The number of rotatable bonds is 7. The standard InChI is InChI=1S/C20H29N5O.C4H6O6/c1-4-25(5-2)20(26)23-22-14-10-16-15-7-6-8-17-19(15)13(11-21-17)9-18(16)24(3)12-14;5-1(3(7)8)2(6)4(9)10/h6-8,11,14,16,18,21-22H,4-5,9-10,12H2,1-3H3,(H,23,26);1-2,5-6H,(H,7,8)(H,9,10)/t14-,16?,18+;1-,2-/m01/s1. The number of aromatic nitrogens is 1. The first-order chi connectivity index (χ1) is 17.1. The minimum absolute atomic E-state index is 0.0431. The second-order valence-corrected chi connectivity index (χ2v) is 9.15. The molecule has 0 saturated carbocycles. The van der Waals surface area contributed by atoms with E-state index in [9.17, 15) is 14.4 Å². The molecule has 2 heterocycles. The number of likely N-dealkylation sites (tertiary alicyclic amines) is 1. The van der Waals surface area contributed by atoms with Gasteiger partial charge in [0.15, 0.2) is 12.2 Å². The number of amides is 2. The quantitative estimate of drug-likeness (QED) is 0.261. The molecular formula is C24H35N5O7. The van der Waals surface area contributed by atoms with E-state index in [4.69, 9.17) is 20.4 Å². The summed E-state index contributed by atoms with van der Waals surface area (Å²) in [4.78, 5) is 39.4. The van der Waals surface area contributed by atoms with Gasteiger partial charge in [0.2, 0.25) is 0 Å². The molecule has 1 aliphatic heterocycles. The Morgan fingerprint density at radius 3 is 2.36 bits per heavy atom. The Labute approximate surface area is 208 Å². The van der Waals surface area contributed by atoms with Crippen molar-refractivity contribution in [3.05, 3.63) is 35.5 Å². The van der Waals surface area contributed by atoms with Crippen LogP contribution in [-0.4, -0.2) is 104 Å². The molecule has 1 aromatic carbocycles. The van der Waals surface area contributed by atoms with Gasteiger partial charge in [0.1, 0.15) is 0 Å². The number of urea groups is 1. The van der Waals surface area contributed by atoms with Gasteiger partial charge in [0, 0.05) is 54.7 Å². The summed E-state index contributed by atoms with van der Waals surface area (Å²) >= 11 is 0. The number of aliphatic hydroxyl groups is 2. The lowest BCUT2D eigenvalue weighted by molar-refractivity contribution is -0.165. The summed E-state index contributed by atoms with van der Waals surface area (Å²) in [6.07, 6.45) is -0.226. The number of hydrazine groups is 1. The normalized spacial score (nSPS) is 22.5. The molecule has 36 heavy (non-hydrogen) atoms. The van der Waals surface area contributed by atoms with Crippen molar-refractivity contribution >= 4 is 28.9 Å². The largest absolute Gasteiger partial charge is 0.479 e. The van der Waals surface area contributed by atoms with Crippen LogP contribution in [0.5, 0.6) is 0 Å². The molecule has 1 aromatic heterocycles. The summed E-state index contributed by atoms with van der Waals surface area (Å²) in [5.74, 6) is -3.05. The number of aliphatic hydroxyl groups excluding tert-OH is 2. The number of aromatic amines is 1. The van der Waals surface area contributed by atoms with E-state index in [1.165, 1.54) is 22.0 Å². The number of nitrogens with zero attached hydrogens (tertiary/aromatic N) is 2. The molecule has 0 spiro atoms. The topological polar surface area (TPSA) is 178 Å². The molecule has 1 saturated heterocycles. The number of fused-ring (bicyclic) bond motifs is 2. The van der Waals surface area contributed by atoms with Crippen molar-refractivity contribution in [3.63, 3.8) is 0 Å². The molecule has 198 valence electrons. The molecule has 2 aliphatic rings. The highest BCUT2D eigenvalue weighted by molar-refractivity contribution is 5.88. The number of hydrogen-bond donors (Lipinski definition) is 7. The van der Waals surface area contributed by atoms with E-state index >= 15 is 0 Å². The highest BCUT2D eigenvalue weighted by Crippen LogP contribution is 2.42. The molecule has 2 amide bonds. The van der Waals surface area contributed by atoms with Crippen LogP contribution in [0.25, 0.3) is 10.9 Å². The lowest BCUT2D eigenvalue weighted by atomic mass is 9.74. The van der Waals surface area contributed by atoms with Crippen molar-refractivity contribution in [2.24, 2.45) is 0 Å². The van der Waals surface area contributed by atoms with Gasteiger partial charge >= 0.3 is 18.0 Å². The highest BCUT2D eigenvalue weighted by Gasteiger charge is 2.39. The summed E-state index contributed by atoms with van der Waals surface area (Å²) in [6, 6.07) is 7.33. The van der Waals surface area contributed by atoms with Gasteiger partial charge in [-0.1, -0.05) is 12.1 Å². The Bertz CT molecular complexity index is 1070. The predicted molar refractivity (Wildman–Crippen MR) is 131 cm³/mol. The molecule has 1 unspecified atom stereocenters. The molecule has 7 N–H and O–H groups in total. The minimum Gasteiger partial charge on any atom is -0.479 e. The summed E-state index contributed by atoms with van der Waals surface area (Å²) in [5, 5.41) is 33.9. The Hall–Kier alpha value is -3.19. The van der Waals surface area contributed by atoms with Crippen molar-refractivity contribution < 1.29 is 34.8 Å². The van der Waals surface area contributed by atoms with Crippen molar-refractivity contribution in [2.45, 2.75) is 56.9 Å². The Balaban J connectivity index is 0.000000308. The average molecular weight is 506 g/mol. The zero-order chi connectivity index (χ0) is 26.6. The predicted octanol–water partition coefficient (Wildman–Crippen LogP) is 0.314. The average Bonchev–Trinajstić information content (AvgIpc) is 3.27. The van der Waals surface area contributed by atoms with E-state index in [-0.39, 0.29) is 12.1 Å². The molecule has 4 rings (SSSR count). The van der Waals surface area contributed by atoms with Crippen LogP contribution in [-0.2, 0) is 16.0 Å². The second-order valence-electron chi connectivity index (χ2n) is 9.15. The number of likely N-dealkylation sites (N-methyl/N-ethyl adjacent to an activating group) is 1. The summed E-state index contributed by atoms with van der Waals surface area (Å²) in [7, 11) is 2.20. The monoisotopic (exact) mass is 505 g/mol. The van der Waals surface area contributed by atoms with Crippen LogP contribution in [0.4, 0.5) is 4.79 Å². The van der Waals surface area contributed by atoms with E-state index in [1.807, 2.05) is 13.8 Å². The van der Waals surface area contributed by atoms with Gasteiger partial charge in [-0.25, -0.2) is 19.8 Å². The van der Waals surface area contributed by atoms with Crippen molar-refractivity contribution in [1.82, 2.24) is 25.6 Å². The molecule has 12 heteroatoms.